The van der Waals surface area contributed by atoms with E-state index >= 15 is 0 Å². The molecule has 0 aliphatic heterocycles. The number of nitrogens with zero attached hydrogens (tertiary/aromatic N) is 3. The number of hydrogen-bond acceptors (Lipinski definition) is 2. The van der Waals surface area contributed by atoms with Gasteiger partial charge in [-0.1, -0.05) is 56.6 Å². The van der Waals surface area contributed by atoms with Crippen molar-refractivity contribution < 1.29 is 30.4 Å². The zero-order chi connectivity index (χ0) is 24.7. The minimum absolute atomic E-state index is 0. The van der Waals surface area contributed by atoms with E-state index in [-0.39, 0.29) is 26.5 Å². The summed E-state index contributed by atoms with van der Waals surface area (Å²) in [5.41, 5.74) is 4.11. The van der Waals surface area contributed by atoms with Gasteiger partial charge in [-0.25, -0.2) is 4.98 Å². The molecule has 4 nitrogen and oxygen atoms in total. The number of hydrogen-bond donors (Lipinski definition) is 0. The van der Waals surface area contributed by atoms with E-state index in [4.69, 9.17) is 9.72 Å². The SMILES string of the molecule is CC(C)(C)c1ccnc(-n2c3[c-]c(Oc4[c-]c(-[n+]5[c-]cccc5)ccc4)ccc3c3ccccc32)c1.[Pt]. The van der Waals surface area contributed by atoms with Crippen molar-refractivity contribution in [3.63, 3.8) is 0 Å². The van der Waals surface area contributed by atoms with Crippen molar-refractivity contribution in [3.05, 3.63) is 121 Å². The van der Waals surface area contributed by atoms with Crippen LogP contribution in [0.25, 0.3) is 33.3 Å². The van der Waals surface area contributed by atoms with E-state index in [0.29, 0.717) is 11.5 Å². The number of ether oxygens (including phenoxy) is 1. The van der Waals surface area contributed by atoms with Crippen molar-refractivity contribution >= 4 is 21.8 Å². The maximum absolute atomic E-state index is 6.24. The second kappa shape index (κ2) is 9.95. The molecule has 0 unspecified atom stereocenters. The Morgan fingerprint density at radius 1 is 0.838 bits per heavy atom. The van der Waals surface area contributed by atoms with Crippen LogP contribution >= 0.6 is 0 Å². The molecule has 3 aromatic carbocycles. The summed E-state index contributed by atoms with van der Waals surface area (Å²) in [5, 5.41) is 2.26. The average Bonchev–Trinajstić information content (AvgIpc) is 3.22. The van der Waals surface area contributed by atoms with Gasteiger partial charge in [0.25, 0.3) is 0 Å². The van der Waals surface area contributed by atoms with Crippen molar-refractivity contribution in [2.75, 3.05) is 0 Å². The molecule has 0 aliphatic carbocycles. The summed E-state index contributed by atoms with van der Waals surface area (Å²) < 4.78 is 10.3. The van der Waals surface area contributed by atoms with E-state index in [1.807, 2.05) is 59.4 Å². The van der Waals surface area contributed by atoms with Crippen molar-refractivity contribution in [2.45, 2.75) is 26.2 Å². The molecule has 186 valence electrons. The van der Waals surface area contributed by atoms with Crippen LogP contribution in [0.15, 0.2) is 97.3 Å². The van der Waals surface area contributed by atoms with E-state index in [9.17, 15) is 0 Å². The first-order valence-electron chi connectivity index (χ1n) is 12.0. The largest absolute Gasteiger partial charge is 0.510 e. The number of benzene rings is 3. The van der Waals surface area contributed by atoms with E-state index in [0.717, 1.165) is 33.3 Å². The zero-order valence-electron chi connectivity index (χ0n) is 20.8. The van der Waals surface area contributed by atoms with Gasteiger partial charge in [0.1, 0.15) is 12.0 Å². The van der Waals surface area contributed by atoms with Gasteiger partial charge in [0, 0.05) is 50.0 Å². The number of fused-ring (bicyclic) bond motifs is 3. The van der Waals surface area contributed by atoms with Crippen LogP contribution in [-0.4, -0.2) is 9.55 Å². The van der Waals surface area contributed by atoms with Crippen LogP contribution in [0.1, 0.15) is 26.3 Å². The van der Waals surface area contributed by atoms with Crippen LogP contribution in [0.4, 0.5) is 0 Å². The molecule has 37 heavy (non-hydrogen) atoms. The summed E-state index contributed by atoms with van der Waals surface area (Å²) in [7, 11) is 0. The van der Waals surface area contributed by atoms with Crippen LogP contribution in [0.3, 0.4) is 0 Å². The van der Waals surface area contributed by atoms with Gasteiger partial charge >= 0.3 is 0 Å². The predicted molar refractivity (Wildman–Crippen MR) is 142 cm³/mol. The molecule has 3 aromatic heterocycles. The van der Waals surface area contributed by atoms with Gasteiger partial charge in [-0.3, -0.25) is 0 Å². The molecule has 0 spiro atoms. The summed E-state index contributed by atoms with van der Waals surface area (Å²) in [6.07, 6.45) is 6.99. The van der Waals surface area contributed by atoms with Crippen LogP contribution in [0.2, 0.25) is 0 Å². The Labute approximate surface area is 231 Å². The van der Waals surface area contributed by atoms with Crippen LogP contribution < -0.4 is 9.30 Å². The molecule has 0 atom stereocenters. The van der Waals surface area contributed by atoms with Gasteiger partial charge in [0.15, 0.2) is 0 Å². The van der Waals surface area contributed by atoms with Crippen molar-refractivity contribution in [3.8, 4) is 23.0 Å². The third-order valence-corrected chi connectivity index (χ3v) is 6.29. The molecule has 0 radical (unpaired) electrons. The predicted octanol–water partition coefficient (Wildman–Crippen LogP) is 6.94. The van der Waals surface area contributed by atoms with Crippen LogP contribution in [0.5, 0.6) is 11.5 Å². The number of rotatable bonds is 4. The Morgan fingerprint density at radius 2 is 1.68 bits per heavy atom. The Hall–Kier alpha value is -3.75. The van der Waals surface area contributed by atoms with Crippen LogP contribution in [0, 0.1) is 18.3 Å². The molecule has 0 aliphatic rings. The topological polar surface area (TPSA) is 30.9 Å². The molecule has 0 saturated heterocycles. The van der Waals surface area contributed by atoms with E-state index < -0.39 is 0 Å². The Bertz CT molecular complexity index is 1700. The van der Waals surface area contributed by atoms with E-state index in [1.54, 1.807) is 0 Å². The Kier molecular flexibility index (Phi) is 6.70. The van der Waals surface area contributed by atoms with Crippen molar-refractivity contribution in [1.29, 1.82) is 0 Å². The van der Waals surface area contributed by atoms with Gasteiger partial charge in [-0.2, -0.15) is 12.1 Å². The molecule has 0 bridgehead atoms. The molecule has 0 amide bonds. The second-order valence-corrected chi connectivity index (χ2v) is 9.79. The fourth-order valence-corrected chi connectivity index (χ4v) is 4.44. The minimum Gasteiger partial charge on any atom is -0.510 e. The summed E-state index contributed by atoms with van der Waals surface area (Å²) in [6, 6.07) is 35.1. The average molecular weight is 663 g/mol. The third-order valence-electron chi connectivity index (χ3n) is 6.29. The number of aromatic nitrogens is 3. The Morgan fingerprint density at radius 3 is 2.49 bits per heavy atom. The first-order chi connectivity index (χ1) is 17.5. The molecule has 3 heterocycles. The molecule has 6 rings (SSSR count). The van der Waals surface area contributed by atoms with Crippen molar-refractivity contribution in [2.24, 2.45) is 0 Å². The van der Waals surface area contributed by atoms with E-state index in [1.165, 1.54) is 5.56 Å². The zero-order valence-corrected chi connectivity index (χ0v) is 23.1. The summed E-state index contributed by atoms with van der Waals surface area (Å²) in [4.78, 5) is 4.74. The monoisotopic (exact) mass is 662 g/mol. The first kappa shape index (κ1) is 24.9. The van der Waals surface area contributed by atoms with Gasteiger partial charge in [0.2, 0.25) is 0 Å². The Balaban J connectivity index is 0.00000280. The molecule has 0 fully saturated rings. The van der Waals surface area contributed by atoms with Gasteiger partial charge in [-0.15, -0.1) is 41.8 Å². The maximum atomic E-state index is 6.24. The fraction of sp³-hybridized carbons (Fsp3) is 0.125. The van der Waals surface area contributed by atoms with Crippen LogP contribution in [-0.2, 0) is 26.5 Å². The minimum atomic E-state index is 0. The summed E-state index contributed by atoms with van der Waals surface area (Å²) >= 11 is 0. The second-order valence-electron chi connectivity index (χ2n) is 9.79. The van der Waals surface area contributed by atoms with Crippen molar-refractivity contribution in [1.82, 2.24) is 9.55 Å². The van der Waals surface area contributed by atoms with E-state index in [2.05, 4.69) is 86.1 Å². The van der Waals surface area contributed by atoms with Gasteiger partial charge in [-0.05, 0) is 34.6 Å². The molecule has 5 heteroatoms. The van der Waals surface area contributed by atoms with Gasteiger partial charge < -0.3 is 13.9 Å². The normalized spacial score (nSPS) is 11.4. The summed E-state index contributed by atoms with van der Waals surface area (Å²) in [5.74, 6) is 2.10. The molecular weight excluding hydrogens is 637 g/mol. The molecular formula is C32H25N3OPt-2. The first-order valence-corrected chi connectivity index (χ1v) is 12.0. The fourth-order valence-electron chi connectivity index (χ4n) is 4.44. The molecule has 6 aromatic rings. The molecule has 0 N–H and O–H groups in total. The third kappa shape index (κ3) is 4.82. The quantitative estimate of drug-likeness (QED) is 0.151. The maximum Gasteiger partial charge on any atom is 0.150 e. The smallest absolute Gasteiger partial charge is 0.150 e. The number of para-hydroxylation sites is 1. The van der Waals surface area contributed by atoms with Gasteiger partial charge in [0.05, 0.1) is 6.20 Å². The molecule has 0 saturated carbocycles. The standard InChI is InChI=1S/C32H25N3O.Pt/c1-32(2,3)23-16-17-33-31(20-23)35-29-13-6-5-12-27(29)28-15-14-26(22-30(28)35)36-25-11-9-10-24(21-25)34-18-7-4-8-19-34;/h4-18,20H,1-3H3;/q-2;. The summed E-state index contributed by atoms with van der Waals surface area (Å²) in [6.45, 7) is 6.64. The number of pyridine rings is 2.